The molecule has 0 aromatic carbocycles. The van der Waals surface area contributed by atoms with E-state index in [4.69, 9.17) is 4.74 Å². The van der Waals surface area contributed by atoms with E-state index in [9.17, 15) is 4.79 Å². The van der Waals surface area contributed by atoms with Gasteiger partial charge in [-0.1, -0.05) is 27.7 Å². The molecule has 0 saturated carbocycles. The molecule has 0 bridgehead atoms. The lowest BCUT2D eigenvalue weighted by molar-refractivity contribution is -0.127. The molecule has 1 aliphatic rings. The van der Waals surface area contributed by atoms with E-state index in [-0.39, 0.29) is 36.4 Å². The molecule has 0 aliphatic carbocycles. The zero-order valence-electron chi connectivity index (χ0n) is 18.0. The highest BCUT2D eigenvalue weighted by Crippen LogP contribution is 2.13. The topological polar surface area (TPSA) is 69.2 Å². The van der Waals surface area contributed by atoms with Gasteiger partial charge in [-0.15, -0.1) is 24.0 Å². The van der Waals surface area contributed by atoms with E-state index in [0.29, 0.717) is 17.9 Å². The molecule has 1 heterocycles. The van der Waals surface area contributed by atoms with Crippen molar-refractivity contribution >= 4 is 35.8 Å². The Labute approximate surface area is 182 Å². The van der Waals surface area contributed by atoms with Crippen molar-refractivity contribution in [1.82, 2.24) is 20.4 Å². The lowest BCUT2D eigenvalue weighted by Gasteiger charge is -2.35. The van der Waals surface area contributed by atoms with Gasteiger partial charge in [0.15, 0.2) is 5.96 Å². The lowest BCUT2D eigenvalue weighted by Crippen LogP contribution is -2.51. The van der Waals surface area contributed by atoms with E-state index < -0.39 is 0 Å². The van der Waals surface area contributed by atoms with Gasteiger partial charge in [0.05, 0.1) is 13.2 Å². The van der Waals surface area contributed by atoms with Crippen LogP contribution in [-0.2, 0) is 9.53 Å². The quantitative estimate of drug-likeness (QED) is 0.288. The van der Waals surface area contributed by atoms with Crippen LogP contribution in [0.4, 0.5) is 0 Å². The van der Waals surface area contributed by atoms with Crippen molar-refractivity contribution in [3.63, 3.8) is 0 Å². The van der Waals surface area contributed by atoms with Crippen molar-refractivity contribution < 1.29 is 9.53 Å². The molecule has 1 unspecified atom stereocenters. The molecule has 0 aromatic heterocycles. The third-order valence-corrected chi connectivity index (χ3v) is 4.36. The number of aliphatic imine (C=N–C) groups is 1. The number of morpholine rings is 1. The van der Waals surface area contributed by atoms with Gasteiger partial charge in [0.2, 0.25) is 5.91 Å². The number of likely N-dealkylation sites (N-methyl/N-ethyl adjacent to an activating group) is 1. The van der Waals surface area contributed by atoms with Gasteiger partial charge in [-0.2, -0.15) is 0 Å². The number of hydrogen-bond donors (Lipinski definition) is 2. The van der Waals surface area contributed by atoms with Crippen LogP contribution in [0.2, 0.25) is 0 Å². The summed E-state index contributed by atoms with van der Waals surface area (Å²) in [6, 6.07) is 0.439. The number of hydrogen-bond acceptors (Lipinski definition) is 4. The Hall–Kier alpha value is -0.610. The molecule has 1 amide bonds. The van der Waals surface area contributed by atoms with Crippen molar-refractivity contribution in [3.8, 4) is 0 Å². The summed E-state index contributed by atoms with van der Waals surface area (Å²) in [7, 11) is 3.51. The molecule has 0 spiro atoms. The van der Waals surface area contributed by atoms with Gasteiger partial charge in [0, 0.05) is 46.3 Å². The first kappa shape index (κ1) is 26.4. The van der Waals surface area contributed by atoms with Crippen LogP contribution >= 0.6 is 24.0 Å². The Kier molecular flexibility index (Phi) is 14.1. The summed E-state index contributed by atoms with van der Waals surface area (Å²) in [6.07, 6.45) is 1.13. The smallest absolute Gasteiger partial charge is 0.243 e. The van der Waals surface area contributed by atoms with Crippen molar-refractivity contribution in [3.05, 3.63) is 0 Å². The number of nitrogens with one attached hydrogen (secondary N) is 2. The maximum absolute atomic E-state index is 11.9. The molecule has 1 aliphatic heterocycles. The van der Waals surface area contributed by atoms with Gasteiger partial charge in [-0.3, -0.25) is 9.69 Å². The van der Waals surface area contributed by atoms with Crippen molar-refractivity contribution in [2.24, 2.45) is 16.8 Å². The highest BCUT2D eigenvalue weighted by molar-refractivity contribution is 14.0. The maximum Gasteiger partial charge on any atom is 0.243 e. The van der Waals surface area contributed by atoms with E-state index in [2.05, 4.69) is 48.2 Å². The van der Waals surface area contributed by atoms with Crippen LogP contribution in [0.1, 0.15) is 34.1 Å². The second-order valence-corrected chi connectivity index (χ2v) is 8.04. The van der Waals surface area contributed by atoms with Crippen LogP contribution in [-0.4, -0.2) is 87.7 Å². The number of carbonyl (C=O) groups excluding carboxylic acids is 1. The summed E-state index contributed by atoms with van der Waals surface area (Å²) in [6.45, 7) is 14.2. The largest absolute Gasteiger partial charge is 0.379 e. The number of amides is 1. The minimum Gasteiger partial charge on any atom is -0.379 e. The maximum atomic E-state index is 11.9. The molecule has 1 fully saturated rings. The predicted octanol–water partition coefficient (Wildman–Crippen LogP) is 1.63. The van der Waals surface area contributed by atoms with Crippen LogP contribution < -0.4 is 10.6 Å². The number of nitrogens with zero attached hydrogens (tertiary/aromatic N) is 3. The molecule has 0 aromatic rings. The number of guanidine groups is 1. The Morgan fingerprint density at radius 3 is 2.19 bits per heavy atom. The molecular weight excluding hydrogens is 457 g/mol. The molecule has 27 heavy (non-hydrogen) atoms. The summed E-state index contributed by atoms with van der Waals surface area (Å²) in [4.78, 5) is 20.4. The highest BCUT2D eigenvalue weighted by atomic mass is 127. The molecule has 7 nitrogen and oxygen atoms in total. The fourth-order valence-electron chi connectivity index (χ4n) is 2.83. The third-order valence-electron chi connectivity index (χ3n) is 4.36. The second-order valence-electron chi connectivity index (χ2n) is 8.04. The summed E-state index contributed by atoms with van der Waals surface area (Å²) >= 11 is 0. The van der Waals surface area contributed by atoms with Crippen LogP contribution in [0.25, 0.3) is 0 Å². The van der Waals surface area contributed by atoms with Gasteiger partial charge in [-0.05, 0) is 18.3 Å². The Morgan fingerprint density at radius 1 is 1.07 bits per heavy atom. The SMILES string of the molecule is CC(C)CNC(=NCC(=O)N(C)C)NCC(CC(C)C)N1CCOCC1.I. The zero-order chi connectivity index (χ0) is 19.5. The molecule has 2 N–H and O–H groups in total. The van der Waals surface area contributed by atoms with Crippen molar-refractivity contribution in [2.45, 2.75) is 40.2 Å². The summed E-state index contributed by atoms with van der Waals surface area (Å²) in [5.41, 5.74) is 0. The standard InChI is InChI=1S/C19H39N5O2.HI/c1-15(2)11-17(24-7-9-26-10-8-24)13-21-19(20-12-16(3)4)22-14-18(25)23(5)6;/h15-17H,7-14H2,1-6H3,(H2,20,21,22);1H. The van der Waals surface area contributed by atoms with E-state index in [1.165, 1.54) is 0 Å². The summed E-state index contributed by atoms with van der Waals surface area (Å²) < 4.78 is 5.49. The van der Waals surface area contributed by atoms with Gasteiger partial charge < -0.3 is 20.3 Å². The first-order valence-corrected chi connectivity index (χ1v) is 9.83. The third kappa shape index (κ3) is 11.7. The van der Waals surface area contributed by atoms with Crippen molar-refractivity contribution in [2.75, 3.05) is 60.0 Å². The van der Waals surface area contributed by atoms with Gasteiger partial charge in [0.25, 0.3) is 0 Å². The monoisotopic (exact) mass is 497 g/mol. The molecule has 1 saturated heterocycles. The number of carbonyl (C=O) groups is 1. The van der Waals surface area contributed by atoms with E-state index in [1.54, 1.807) is 19.0 Å². The van der Waals surface area contributed by atoms with E-state index >= 15 is 0 Å². The number of rotatable bonds is 9. The molecule has 0 radical (unpaired) electrons. The number of ether oxygens (including phenoxy) is 1. The van der Waals surface area contributed by atoms with Crippen LogP contribution in [0.3, 0.4) is 0 Å². The average molecular weight is 497 g/mol. The average Bonchev–Trinajstić information content (AvgIpc) is 2.59. The second kappa shape index (κ2) is 14.4. The molecule has 1 atom stereocenters. The van der Waals surface area contributed by atoms with E-state index in [0.717, 1.165) is 51.8 Å². The van der Waals surface area contributed by atoms with Crippen molar-refractivity contribution in [1.29, 1.82) is 0 Å². The first-order chi connectivity index (χ1) is 12.3. The van der Waals surface area contributed by atoms with Crippen LogP contribution in [0.15, 0.2) is 4.99 Å². The molecule has 1 rings (SSSR count). The predicted molar refractivity (Wildman–Crippen MR) is 123 cm³/mol. The molecular formula is C19H40IN5O2. The van der Waals surface area contributed by atoms with E-state index in [1.807, 2.05) is 0 Å². The lowest BCUT2D eigenvalue weighted by atomic mass is 10.0. The van der Waals surface area contributed by atoms with Gasteiger partial charge in [0.1, 0.15) is 6.54 Å². The first-order valence-electron chi connectivity index (χ1n) is 9.83. The zero-order valence-corrected chi connectivity index (χ0v) is 20.3. The fourth-order valence-corrected chi connectivity index (χ4v) is 2.83. The highest BCUT2D eigenvalue weighted by Gasteiger charge is 2.22. The Bertz CT molecular complexity index is 438. The number of halogens is 1. The minimum absolute atomic E-state index is 0. The molecule has 160 valence electrons. The van der Waals surface area contributed by atoms with Gasteiger partial charge >= 0.3 is 0 Å². The summed E-state index contributed by atoms with van der Waals surface area (Å²) in [5.74, 6) is 1.86. The normalized spacial score (nSPS) is 16.8. The van der Waals surface area contributed by atoms with Crippen LogP contribution in [0, 0.1) is 11.8 Å². The fraction of sp³-hybridized carbons (Fsp3) is 0.895. The minimum atomic E-state index is 0. The van der Waals surface area contributed by atoms with Crippen LogP contribution in [0.5, 0.6) is 0 Å². The Morgan fingerprint density at radius 2 is 1.67 bits per heavy atom. The molecule has 8 heteroatoms. The van der Waals surface area contributed by atoms with Gasteiger partial charge in [-0.25, -0.2) is 4.99 Å². The Balaban J connectivity index is 0.00000676. The summed E-state index contributed by atoms with van der Waals surface area (Å²) in [5, 5.41) is 6.81.